The Hall–Kier alpha value is -3.04. The Kier molecular flexibility index (Phi) is 11.6. The largest absolute Gasteiger partial charge is 0.341 e. The molecule has 7 rings (SSSR count). The summed E-state index contributed by atoms with van der Waals surface area (Å²) < 4.78 is 4.31. The second-order valence-corrected chi connectivity index (χ2v) is 15.5. The van der Waals surface area contributed by atoms with E-state index in [1.165, 1.54) is 22.2 Å². The molecule has 49 heavy (non-hydrogen) atoms. The molecule has 3 aliphatic heterocycles. The number of piperidine rings is 2. The van der Waals surface area contributed by atoms with Crippen molar-refractivity contribution < 1.29 is 9.59 Å². The molecule has 2 fully saturated rings. The molecule has 4 aromatic rings. The molecule has 0 aliphatic carbocycles. The maximum atomic E-state index is 12.9. The lowest BCUT2D eigenvalue weighted by Crippen LogP contribution is -2.40. The number of amides is 2. The summed E-state index contributed by atoms with van der Waals surface area (Å²) in [5.41, 5.74) is 6.12. The summed E-state index contributed by atoms with van der Waals surface area (Å²) >= 11 is 12.4. The minimum absolute atomic E-state index is 0.217. The summed E-state index contributed by atoms with van der Waals surface area (Å²) in [5, 5.41) is 7.06. The number of benzene rings is 2. The summed E-state index contributed by atoms with van der Waals surface area (Å²) in [6.45, 7) is 11.8. The van der Waals surface area contributed by atoms with Crippen LogP contribution in [0.25, 0.3) is 21.8 Å². The first-order valence-corrected chi connectivity index (χ1v) is 18.8. The van der Waals surface area contributed by atoms with Crippen molar-refractivity contribution in [3.05, 3.63) is 69.5 Å². The third kappa shape index (κ3) is 8.30. The van der Waals surface area contributed by atoms with E-state index in [1.807, 2.05) is 41.1 Å². The fraction of sp³-hybridized carbons (Fsp3) is 0.538. The maximum absolute atomic E-state index is 12.9. The van der Waals surface area contributed by atoms with E-state index in [4.69, 9.17) is 23.2 Å². The highest BCUT2D eigenvalue weighted by Crippen LogP contribution is 2.33. The molecule has 264 valence electrons. The van der Waals surface area contributed by atoms with E-state index in [0.717, 1.165) is 123 Å². The number of nitrogens with zero attached hydrogens (tertiary/aromatic N) is 5. The minimum atomic E-state index is 0.217. The molecule has 1 N–H and O–H groups in total. The van der Waals surface area contributed by atoms with Gasteiger partial charge in [-0.2, -0.15) is 0 Å². The summed E-state index contributed by atoms with van der Waals surface area (Å²) in [4.78, 5) is 32.0. The molecule has 5 heterocycles. The highest BCUT2D eigenvalue weighted by atomic mass is 35.5. The number of halogens is 2. The number of aromatic nitrogens is 2. The second kappa shape index (κ2) is 15.9. The van der Waals surface area contributed by atoms with Crippen LogP contribution in [0.2, 0.25) is 10.0 Å². The molecule has 0 saturated carbocycles. The van der Waals surface area contributed by atoms with E-state index in [2.05, 4.69) is 58.6 Å². The molecule has 0 radical (unpaired) electrons. The minimum Gasteiger partial charge on any atom is -0.341 e. The average molecular weight is 708 g/mol. The van der Waals surface area contributed by atoms with Gasteiger partial charge in [0, 0.05) is 83.0 Å². The molecule has 0 unspecified atom stereocenters. The molecule has 0 bridgehead atoms. The second-order valence-electron chi connectivity index (χ2n) is 14.6. The number of hydrogen-bond donors (Lipinski definition) is 1. The van der Waals surface area contributed by atoms with Crippen LogP contribution in [0.4, 0.5) is 0 Å². The quantitative estimate of drug-likeness (QED) is 0.228. The van der Waals surface area contributed by atoms with Crippen LogP contribution in [0, 0.1) is 11.8 Å². The van der Waals surface area contributed by atoms with Crippen LogP contribution >= 0.6 is 23.2 Å². The first-order chi connectivity index (χ1) is 23.6. The highest BCUT2D eigenvalue weighted by molar-refractivity contribution is 6.31. The molecule has 2 aromatic carbocycles. The van der Waals surface area contributed by atoms with Gasteiger partial charge in [-0.25, -0.2) is 0 Å². The van der Waals surface area contributed by atoms with Gasteiger partial charge >= 0.3 is 0 Å². The van der Waals surface area contributed by atoms with E-state index in [1.54, 1.807) is 0 Å². The zero-order chi connectivity index (χ0) is 34.7. The molecular formula is C39H52Cl2N6O2. The van der Waals surface area contributed by atoms with Crippen molar-refractivity contribution in [2.75, 3.05) is 53.4 Å². The number of hydrogen-bond acceptors (Lipinski definition) is 4. The number of likely N-dealkylation sites (tertiary alicyclic amines) is 2. The predicted molar refractivity (Wildman–Crippen MR) is 202 cm³/mol. The Balaban J connectivity index is 0.000000170. The summed E-state index contributed by atoms with van der Waals surface area (Å²) in [6, 6.07) is 12.0. The van der Waals surface area contributed by atoms with Crippen LogP contribution < -0.4 is 5.32 Å². The van der Waals surface area contributed by atoms with E-state index in [9.17, 15) is 9.59 Å². The zero-order valence-electron chi connectivity index (χ0n) is 29.6. The van der Waals surface area contributed by atoms with Gasteiger partial charge in [-0.15, -0.1) is 0 Å². The number of carbonyl (C=O) groups is 2. The fourth-order valence-electron chi connectivity index (χ4n) is 7.66. The van der Waals surface area contributed by atoms with E-state index in [0.29, 0.717) is 13.1 Å². The third-order valence-electron chi connectivity index (χ3n) is 10.9. The lowest BCUT2D eigenvalue weighted by molar-refractivity contribution is -0.133. The average Bonchev–Trinajstić information content (AvgIpc) is 3.57. The molecule has 0 spiro atoms. The van der Waals surface area contributed by atoms with Crippen molar-refractivity contribution in [3.63, 3.8) is 0 Å². The van der Waals surface area contributed by atoms with E-state index >= 15 is 0 Å². The predicted octanol–water partition coefficient (Wildman–Crippen LogP) is 6.86. The van der Waals surface area contributed by atoms with Crippen LogP contribution in [0.1, 0.15) is 56.4 Å². The number of carbonyl (C=O) groups excluding carboxylic acids is 2. The van der Waals surface area contributed by atoms with E-state index < -0.39 is 0 Å². The van der Waals surface area contributed by atoms with Crippen LogP contribution in [-0.2, 0) is 42.1 Å². The normalized spacial score (nSPS) is 17.8. The third-order valence-corrected chi connectivity index (χ3v) is 11.3. The van der Waals surface area contributed by atoms with Gasteiger partial charge in [-0.1, -0.05) is 37.0 Å². The maximum Gasteiger partial charge on any atom is 0.242 e. The van der Waals surface area contributed by atoms with Gasteiger partial charge < -0.3 is 29.2 Å². The van der Waals surface area contributed by atoms with Gasteiger partial charge in [0.05, 0.1) is 0 Å². The van der Waals surface area contributed by atoms with Crippen LogP contribution in [0.3, 0.4) is 0 Å². The smallest absolute Gasteiger partial charge is 0.242 e. The fourth-order valence-corrected chi connectivity index (χ4v) is 8.00. The molecule has 8 nitrogen and oxygen atoms in total. The van der Waals surface area contributed by atoms with Gasteiger partial charge in [0.25, 0.3) is 0 Å². The molecule has 0 atom stereocenters. The SMILES string of the molecule is CC1CCN(C(=O)Cn2c3c(c4cc(Cl)ccc42)CCN(C)C3)CC1.CNCCc1cn(CC(=O)N2CCC(C)CC2)c2ccc(Cl)cc12. The Morgan fingerprint density at radius 3 is 1.98 bits per heavy atom. The molecule has 2 saturated heterocycles. The Morgan fingerprint density at radius 1 is 0.796 bits per heavy atom. The summed E-state index contributed by atoms with van der Waals surface area (Å²) in [5.74, 6) is 1.93. The van der Waals surface area contributed by atoms with Crippen molar-refractivity contribution in [2.24, 2.45) is 11.8 Å². The van der Waals surface area contributed by atoms with Crippen molar-refractivity contribution in [2.45, 2.75) is 72.0 Å². The van der Waals surface area contributed by atoms with Crippen molar-refractivity contribution in [3.8, 4) is 0 Å². The Bertz CT molecular complexity index is 1780. The van der Waals surface area contributed by atoms with Gasteiger partial charge in [0.1, 0.15) is 13.1 Å². The number of rotatable bonds is 7. The topological polar surface area (TPSA) is 65.8 Å². The van der Waals surface area contributed by atoms with Gasteiger partial charge in [0.15, 0.2) is 0 Å². The van der Waals surface area contributed by atoms with E-state index in [-0.39, 0.29) is 11.8 Å². The Morgan fingerprint density at radius 2 is 1.37 bits per heavy atom. The zero-order valence-corrected chi connectivity index (χ0v) is 31.1. The molecule has 2 aromatic heterocycles. The number of fused-ring (bicyclic) bond motifs is 4. The molecule has 10 heteroatoms. The summed E-state index contributed by atoms with van der Waals surface area (Å²) in [6.07, 6.45) is 8.52. The first-order valence-electron chi connectivity index (χ1n) is 18.1. The van der Waals surface area contributed by atoms with Crippen molar-refractivity contribution in [1.82, 2.24) is 29.2 Å². The van der Waals surface area contributed by atoms with Crippen molar-refractivity contribution >= 4 is 56.8 Å². The van der Waals surface area contributed by atoms with Crippen LogP contribution in [0.15, 0.2) is 42.6 Å². The number of nitrogens with one attached hydrogen (secondary N) is 1. The van der Waals surface area contributed by atoms with Gasteiger partial charge in [-0.3, -0.25) is 9.59 Å². The lowest BCUT2D eigenvalue weighted by Gasteiger charge is -2.31. The molecular weight excluding hydrogens is 655 g/mol. The lowest BCUT2D eigenvalue weighted by atomic mass is 9.99. The molecule has 3 aliphatic rings. The highest BCUT2D eigenvalue weighted by Gasteiger charge is 2.26. The van der Waals surface area contributed by atoms with Crippen LogP contribution in [-0.4, -0.2) is 89.0 Å². The van der Waals surface area contributed by atoms with Crippen LogP contribution in [0.5, 0.6) is 0 Å². The Labute approximate surface area is 301 Å². The first kappa shape index (κ1) is 35.8. The van der Waals surface area contributed by atoms with Crippen molar-refractivity contribution in [1.29, 1.82) is 0 Å². The standard InChI is InChI=1S/C20H26ClN3O.C19H26ClN3O/c1-14-5-9-23(10-6-14)20(25)13-24-18-4-3-15(21)11-17(18)16-7-8-22(2)12-19(16)24;1-14-6-9-22(10-7-14)19(24)13-23-12-15(5-8-21-2)17-11-16(20)3-4-18(17)23/h3-4,11,14H,5-10,12-13H2,1-2H3;3-4,11-12,14,21H,5-10,13H2,1-2H3. The number of likely N-dealkylation sites (N-methyl/N-ethyl adjacent to an activating group) is 2. The summed E-state index contributed by atoms with van der Waals surface area (Å²) in [7, 11) is 4.10. The monoisotopic (exact) mass is 706 g/mol. The van der Waals surface area contributed by atoms with Gasteiger partial charge in [0.2, 0.25) is 11.8 Å². The van der Waals surface area contributed by atoms with Gasteiger partial charge in [-0.05, 0) is 119 Å². The molecule has 2 amide bonds.